The van der Waals surface area contributed by atoms with E-state index in [1.165, 1.54) is 42.5 Å². The van der Waals surface area contributed by atoms with Crippen molar-refractivity contribution in [3.63, 3.8) is 0 Å². The second-order valence-electron chi connectivity index (χ2n) is 8.35. The van der Waals surface area contributed by atoms with Crippen molar-refractivity contribution in [2.75, 3.05) is 35.3 Å². The van der Waals surface area contributed by atoms with Gasteiger partial charge in [-0.1, -0.05) is 12.1 Å². The van der Waals surface area contributed by atoms with Crippen LogP contribution >= 0.6 is 0 Å². The number of sulfonamides is 1. The van der Waals surface area contributed by atoms with E-state index in [2.05, 4.69) is 35.6 Å². The molecule has 18 heteroatoms. The Morgan fingerprint density at radius 3 is 1.73 bits per heavy atom. The van der Waals surface area contributed by atoms with Crippen LogP contribution in [-0.4, -0.2) is 68.7 Å². The first-order valence-corrected chi connectivity index (χ1v) is 16.0. The van der Waals surface area contributed by atoms with Crippen LogP contribution in [0.2, 0.25) is 0 Å². The minimum Gasteiger partial charge on any atom is -0.353 e. The topological polar surface area (TPSA) is 230 Å². The third kappa shape index (κ3) is 8.04. The van der Waals surface area contributed by atoms with Gasteiger partial charge in [0.05, 0.1) is 16.0 Å². The van der Waals surface area contributed by atoms with E-state index in [1.54, 1.807) is 18.2 Å². The van der Waals surface area contributed by atoms with Crippen LogP contribution in [0.3, 0.4) is 0 Å². The Morgan fingerprint density at radius 2 is 1.12 bits per heavy atom. The zero-order valence-corrected chi connectivity index (χ0v) is 23.0. The Hall–Kier alpha value is -3.94. The van der Waals surface area contributed by atoms with Crippen LogP contribution in [0.1, 0.15) is 0 Å². The van der Waals surface area contributed by atoms with Gasteiger partial charge >= 0.3 is 0 Å². The molecule has 40 heavy (non-hydrogen) atoms. The van der Waals surface area contributed by atoms with Crippen LogP contribution in [-0.2, 0) is 30.3 Å². The van der Waals surface area contributed by atoms with Crippen LogP contribution in [0, 0.1) is 0 Å². The van der Waals surface area contributed by atoms with Gasteiger partial charge in [0.15, 0.2) is 0 Å². The molecule has 0 unspecified atom stereocenters. The molecule has 0 atom stereocenters. The maximum atomic E-state index is 11.4. The number of anilines is 5. The Labute approximate surface area is 229 Å². The van der Waals surface area contributed by atoms with Gasteiger partial charge in [-0.3, -0.25) is 9.11 Å². The van der Waals surface area contributed by atoms with Crippen molar-refractivity contribution >= 4 is 70.3 Å². The van der Waals surface area contributed by atoms with Crippen molar-refractivity contribution in [2.24, 2.45) is 0 Å². The Balaban J connectivity index is 1.60. The molecule has 6 N–H and O–H groups in total. The van der Waals surface area contributed by atoms with Gasteiger partial charge in [-0.25, -0.2) is 13.1 Å². The van der Waals surface area contributed by atoms with Crippen molar-refractivity contribution in [1.82, 2.24) is 19.7 Å². The fraction of sp³-hybridized carbons (Fsp3) is 0.136. The highest BCUT2D eigenvalue weighted by atomic mass is 32.2. The minimum absolute atomic E-state index is 0.0502. The molecular weight excluding hydrogens is 586 g/mol. The molecular formula is C22H23N7O8S3. The molecule has 4 rings (SSSR count). The summed E-state index contributed by atoms with van der Waals surface area (Å²) in [6, 6.07) is 14.3. The van der Waals surface area contributed by atoms with E-state index in [-0.39, 0.29) is 40.7 Å². The summed E-state index contributed by atoms with van der Waals surface area (Å²) >= 11 is 0. The van der Waals surface area contributed by atoms with Crippen LogP contribution < -0.4 is 20.7 Å². The lowest BCUT2D eigenvalue weighted by molar-refractivity contribution is 0.481. The summed E-state index contributed by atoms with van der Waals surface area (Å²) < 4.78 is 88.8. The molecule has 15 nitrogen and oxygen atoms in total. The molecule has 1 heterocycles. The van der Waals surface area contributed by atoms with Crippen molar-refractivity contribution in [3.05, 3.63) is 60.7 Å². The van der Waals surface area contributed by atoms with Gasteiger partial charge in [0.1, 0.15) is 0 Å². The molecule has 1 aromatic heterocycles. The lowest BCUT2D eigenvalue weighted by Gasteiger charge is -2.12. The number of benzene rings is 3. The van der Waals surface area contributed by atoms with Crippen molar-refractivity contribution < 1.29 is 34.4 Å². The van der Waals surface area contributed by atoms with Crippen molar-refractivity contribution in [1.29, 1.82) is 0 Å². The molecule has 0 aliphatic rings. The molecule has 0 spiro atoms. The molecule has 0 saturated heterocycles. The van der Waals surface area contributed by atoms with E-state index in [1.807, 2.05) is 0 Å². The highest BCUT2D eigenvalue weighted by Crippen LogP contribution is 2.25. The fourth-order valence-electron chi connectivity index (χ4n) is 3.41. The highest BCUT2D eigenvalue weighted by molar-refractivity contribution is 7.88. The van der Waals surface area contributed by atoms with E-state index in [4.69, 9.17) is 0 Å². The largest absolute Gasteiger partial charge is 0.353 e. The normalized spacial score (nSPS) is 12.3. The summed E-state index contributed by atoms with van der Waals surface area (Å²) in [5.41, 5.74) is 0.932. The molecule has 212 valence electrons. The van der Waals surface area contributed by atoms with Gasteiger partial charge in [0.25, 0.3) is 20.2 Å². The Bertz CT molecular complexity index is 1880. The molecule has 4 aromatic rings. The van der Waals surface area contributed by atoms with E-state index in [9.17, 15) is 34.4 Å². The SMILES string of the molecule is CS(=O)(=O)NCCNc1nc(Nc2ccc(S(=O)(=O)O)cc2)nc(Nc2ccc3cc(S(=O)(=O)O)ccc3c2)n1. The second-order valence-corrected chi connectivity index (χ2v) is 13.0. The third-order valence-electron chi connectivity index (χ3n) is 5.18. The summed E-state index contributed by atoms with van der Waals surface area (Å²) in [6.45, 7) is 0.203. The monoisotopic (exact) mass is 609 g/mol. The molecule has 0 aliphatic heterocycles. The molecule has 0 radical (unpaired) electrons. The van der Waals surface area contributed by atoms with Gasteiger partial charge in [0.2, 0.25) is 27.9 Å². The second kappa shape index (κ2) is 11.3. The van der Waals surface area contributed by atoms with Crippen LogP contribution in [0.4, 0.5) is 29.2 Å². The number of hydrogen-bond donors (Lipinski definition) is 6. The third-order valence-corrected chi connectivity index (χ3v) is 7.63. The zero-order chi connectivity index (χ0) is 29.1. The summed E-state index contributed by atoms with van der Waals surface area (Å²) in [5.74, 6) is 0.220. The first-order valence-electron chi connectivity index (χ1n) is 11.2. The van der Waals surface area contributed by atoms with E-state index < -0.39 is 30.3 Å². The molecule has 0 saturated carbocycles. The predicted octanol–water partition coefficient (Wildman–Crippen LogP) is 1.97. The van der Waals surface area contributed by atoms with Gasteiger partial charge in [-0.15, -0.1) is 0 Å². The van der Waals surface area contributed by atoms with Gasteiger partial charge in [-0.2, -0.15) is 31.8 Å². The van der Waals surface area contributed by atoms with E-state index in [0.29, 0.717) is 22.1 Å². The molecule has 0 aliphatic carbocycles. The van der Waals surface area contributed by atoms with Crippen LogP contribution in [0.15, 0.2) is 70.5 Å². The van der Waals surface area contributed by atoms with Gasteiger partial charge < -0.3 is 16.0 Å². The van der Waals surface area contributed by atoms with Crippen LogP contribution in [0.5, 0.6) is 0 Å². The standard InChI is InChI=1S/C22H23N7O8S3/c1-38(30,31)24-11-10-23-20-27-21(25-16-5-8-18(9-6-16)39(32,33)34)29-22(28-20)26-17-4-2-15-13-19(40(35,36)37)7-3-14(15)12-17/h2-9,12-13,24H,10-11H2,1H3,(H,32,33,34)(H,35,36,37)(H3,23,25,26,27,28,29). The van der Waals surface area contributed by atoms with Gasteiger partial charge in [0, 0.05) is 24.5 Å². The minimum atomic E-state index is -4.37. The first-order chi connectivity index (χ1) is 18.7. The average molecular weight is 610 g/mol. The van der Waals surface area contributed by atoms with Crippen molar-refractivity contribution in [2.45, 2.75) is 9.79 Å². The summed E-state index contributed by atoms with van der Waals surface area (Å²) in [7, 11) is -12.1. The number of rotatable bonds is 11. The first kappa shape index (κ1) is 29.1. The van der Waals surface area contributed by atoms with Gasteiger partial charge in [-0.05, 0) is 59.3 Å². The highest BCUT2D eigenvalue weighted by Gasteiger charge is 2.13. The lowest BCUT2D eigenvalue weighted by atomic mass is 10.1. The smallest absolute Gasteiger partial charge is 0.294 e. The molecule has 0 bridgehead atoms. The summed E-state index contributed by atoms with van der Waals surface area (Å²) in [6.07, 6.45) is 1.03. The lowest BCUT2D eigenvalue weighted by Crippen LogP contribution is -2.28. The maximum absolute atomic E-state index is 11.4. The predicted molar refractivity (Wildman–Crippen MR) is 148 cm³/mol. The molecule has 0 fully saturated rings. The Morgan fingerprint density at radius 1 is 0.625 bits per heavy atom. The van der Waals surface area contributed by atoms with E-state index >= 15 is 0 Å². The number of fused-ring (bicyclic) bond motifs is 1. The van der Waals surface area contributed by atoms with Crippen molar-refractivity contribution in [3.8, 4) is 0 Å². The quantitative estimate of drug-likeness (QED) is 0.105. The van der Waals surface area contributed by atoms with E-state index in [0.717, 1.165) is 6.26 Å². The fourth-order valence-corrected chi connectivity index (χ4v) is 4.88. The molecule has 3 aromatic carbocycles. The number of nitrogens with one attached hydrogen (secondary N) is 4. The van der Waals surface area contributed by atoms with Crippen LogP contribution in [0.25, 0.3) is 10.8 Å². The number of hydrogen-bond acceptors (Lipinski definition) is 12. The summed E-state index contributed by atoms with van der Waals surface area (Å²) in [4.78, 5) is 12.3. The molecule has 0 amide bonds. The number of nitrogens with zero attached hydrogens (tertiary/aromatic N) is 3. The number of aromatic nitrogens is 3. The Kier molecular flexibility index (Phi) is 8.19. The zero-order valence-electron chi connectivity index (χ0n) is 20.6. The summed E-state index contributed by atoms with van der Waals surface area (Å²) in [5, 5.41) is 10.0. The average Bonchev–Trinajstić information content (AvgIpc) is 2.85. The maximum Gasteiger partial charge on any atom is 0.294 e.